The molecule has 7 heteroatoms. The van der Waals surface area contributed by atoms with E-state index in [4.69, 9.17) is 10.5 Å². The van der Waals surface area contributed by atoms with Gasteiger partial charge in [-0.25, -0.2) is 0 Å². The minimum atomic E-state index is -0.0390. The Kier molecular flexibility index (Phi) is 7.01. The van der Waals surface area contributed by atoms with Crippen LogP contribution in [0, 0.1) is 12.8 Å². The first kappa shape index (κ1) is 24.4. The zero-order valence-electron chi connectivity index (χ0n) is 21.2. The molecule has 188 valence electrons. The Morgan fingerprint density at radius 3 is 2.53 bits per heavy atom. The summed E-state index contributed by atoms with van der Waals surface area (Å²) in [6.07, 6.45) is 10.1. The van der Waals surface area contributed by atoms with Crippen molar-refractivity contribution in [1.29, 1.82) is 0 Å². The highest BCUT2D eigenvalue weighted by Crippen LogP contribution is 2.42. The molecule has 2 aromatic carbocycles. The fourth-order valence-electron chi connectivity index (χ4n) is 5.07. The molecule has 0 bridgehead atoms. The summed E-state index contributed by atoms with van der Waals surface area (Å²) in [4.78, 5) is 14.4. The van der Waals surface area contributed by atoms with Crippen LogP contribution < -0.4 is 21.3 Å². The molecule has 0 atom stereocenters. The van der Waals surface area contributed by atoms with Crippen LogP contribution in [0.1, 0.15) is 37.7 Å². The van der Waals surface area contributed by atoms with Crippen LogP contribution in [0.2, 0.25) is 0 Å². The van der Waals surface area contributed by atoms with E-state index in [-0.39, 0.29) is 5.56 Å². The number of benzene rings is 2. The molecule has 5 rings (SSSR count). The van der Waals surface area contributed by atoms with Gasteiger partial charge in [-0.1, -0.05) is 37.0 Å². The predicted molar refractivity (Wildman–Crippen MR) is 151 cm³/mol. The van der Waals surface area contributed by atoms with E-state index in [1.54, 1.807) is 11.6 Å². The van der Waals surface area contributed by atoms with Crippen LogP contribution in [0.3, 0.4) is 0 Å². The highest BCUT2D eigenvalue weighted by Gasteiger charge is 2.21. The lowest BCUT2D eigenvalue weighted by molar-refractivity contribution is 0.210. The van der Waals surface area contributed by atoms with Crippen LogP contribution in [0.25, 0.3) is 22.0 Å². The smallest absolute Gasteiger partial charge is 0.275 e. The molecule has 2 heterocycles. The van der Waals surface area contributed by atoms with Gasteiger partial charge in [0.15, 0.2) is 5.75 Å². The Morgan fingerprint density at radius 2 is 1.81 bits per heavy atom. The summed E-state index contributed by atoms with van der Waals surface area (Å²) in [6, 6.07) is 14.4. The Bertz CT molecular complexity index is 1430. The topological polar surface area (TPSA) is 74.2 Å². The molecule has 0 aliphatic heterocycles. The van der Waals surface area contributed by atoms with Gasteiger partial charge >= 0.3 is 0 Å². The number of hydrogen-bond acceptors (Lipinski definition) is 5. The summed E-state index contributed by atoms with van der Waals surface area (Å²) >= 11 is 1.54. The third-order valence-electron chi connectivity index (χ3n) is 7.16. The lowest BCUT2D eigenvalue weighted by Gasteiger charge is -2.24. The normalized spacial score (nSPS) is 14.3. The van der Waals surface area contributed by atoms with E-state index >= 15 is 0 Å². The molecular formula is C29H34N4O2S. The molecule has 2 aromatic heterocycles. The number of fused-ring (bicyclic) bond motifs is 1. The minimum Gasteiger partial charge on any atom is -0.490 e. The van der Waals surface area contributed by atoms with E-state index in [9.17, 15) is 4.79 Å². The monoisotopic (exact) mass is 502 g/mol. The molecule has 0 saturated heterocycles. The highest BCUT2D eigenvalue weighted by molar-refractivity contribution is 7.98. The zero-order chi connectivity index (χ0) is 25.2. The average molecular weight is 503 g/mol. The fraction of sp³-hybridized carbons (Fsp3) is 0.345. The maximum absolute atomic E-state index is 13.3. The quantitative estimate of drug-likeness (QED) is 0.284. The number of nitrogens with two attached hydrogens (primary N) is 1. The van der Waals surface area contributed by atoms with Gasteiger partial charge in [-0.05, 0) is 68.0 Å². The molecule has 36 heavy (non-hydrogen) atoms. The summed E-state index contributed by atoms with van der Waals surface area (Å²) in [6.45, 7) is 2.73. The lowest BCUT2D eigenvalue weighted by atomic mass is 9.90. The third kappa shape index (κ3) is 4.72. The maximum Gasteiger partial charge on any atom is 0.275 e. The zero-order valence-corrected chi connectivity index (χ0v) is 22.0. The first-order valence-electron chi connectivity index (χ1n) is 12.7. The summed E-state index contributed by atoms with van der Waals surface area (Å²) in [7, 11) is 3.66. The Labute approximate surface area is 216 Å². The molecule has 3 N–H and O–H groups in total. The molecule has 6 nitrogen and oxygen atoms in total. The fourth-order valence-corrected chi connectivity index (χ4v) is 5.95. The second kappa shape index (κ2) is 10.3. The van der Waals surface area contributed by atoms with E-state index in [0.717, 1.165) is 27.1 Å². The number of aryl methyl sites for hydroxylation is 2. The van der Waals surface area contributed by atoms with Crippen molar-refractivity contribution in [3.05, 3.63) is 70.8 Å². The van der Waals surface area contributed by atoms with Crippen LogP contribution in [-0.4, -0.2) is 22.2 Å². The van der Waals surface area contributed by atoms with Crippen molar-refractivity contribution in [2.45, 2.75) is 43.9 Å². The second-order valence-electron chi connectivity index (χ2n) is 9.74. The van der Waals surface area contributed by atoms with Gasteiger partial charge < -0.3 is 20.4 Å². The average Bonchev–Trinajstić information content (AvgIpc) is 3.31. The summed E-state index contributed by atoms with van der Waals surface area (Å²) in [5, 5.41) is 4.06. The molecule has 0 spiro atoms. The largest absolute Gasteiger partial charge is 0.490 e. The number of anilines is 2. The molecule has 1 aliphatic rings. The number of hydrogen-bond donors (Lipinski definition) is 2. The number of nitrogens with zero attached hydrogens (tertiary/aromatic N) is 2. The Balaban J connectivity index is 1.60. The number of rotatable bonds is 7. The van der Waals surface area contributed by atoms with Gasteiger partial charge in [0.25, 0.3) is 5.56 Å². The number of pyridine rings is 1. The molecular weight excluding hydrogens is 468 g/mol. The van der Waals surface area contributed by atoms with E-state index in [2.05, 4.69) is 36.5 Å². The van der Waals surface area contributed by atoms with Crippen molar-refractivity contribution >= 4 is 34.2 Å². The predicted octanol–water partition coefficient (Wildman–Crippen LogP) is 6.45. The molecule has 0 radical (unpaired) electrons. The first-order valence-corrected chi connectivity index (χ1v) is 13.4. The van der Waals surface area contributed by atoms with E-state index in [1.807, 2.05) is 41.6 Å². The molecule has 1 fully saturated rings. The van der Waals surface area contributed by atoms with Crippen molar-refractivity contribution < 1.29 is 4.74 Å². The van der Waals surface area contributed by atoms with Crippen LogP contribution in [-0.2, 0) is 7.05 Å². The van der Waals surface area contributed by atoms with Crippen molar-refractivity contribution in [1.82, 2.24) is 8.54 Å². The summed E-state index contributed by atoms with van der Waals surface area (Å²) in [5.41, 5.74) is 11.7. The van der Waals surface area contributed by atoms with Gasteiger partial charge in [0.05, 0.1) is 18.0 Å². The number of nitrogens with one attached hydrogen (secondary N) is 1. The first-order chi connectivity index (χ1) is 17.5. The van der Waals surface area contributed by atoms with Gasteiger partial charge in [-0.2, -0.15) is 0 Å². The van der Waals surface area contributed by atoms with Crippen molar-refractivity contribution in [3.63, 3.8) is 0 Å². The molecule has 0 amide bonds. The van der Waals surface area contributed by atoms with Gasteiger partial charge in [-0.3, -0.25) is 8.77 Å². The van der Waals surface area contributed by atoms with Crippen LogP contribution in [0.5, 0.6) is 5.75 Å². The van der Waals surface area contributed by atoms with Gasteiger partial charge in [-0.15, -0.1) is 0 Å². The number of nitrogen functional groups attached to an aromatic ring is 1. The van der Waals surface area contributed by atoms with E-state index in [1.165, 1.54) is 49.6 Å². The number of aromatic nitrogens is 2. The van der Waals surface area contributed by atoms with Crippen LogP contribution in [0.15, 0.2) is 64.5 Å². The van der Waals surface area contributed by atoms with Crippen molar-refractivity contribution in [2.75, 3.05) is 24.7 Å². The Morgan fingerprint density at radius 1 is 1.06 bits per heavy atom. The number of ether oxygens (including phenoxy) is 1. The van der Waals surface area contributed by atoms with Crippen molar-refractivity contribution in [3.8, 4) is 16.9 Å². The minimum absolute atomic E-state index is 0.0390. The van der Waals surface area contributed by atoms with E-state index < -0.39 is 0 Å². The molecule has 0 unspecified atom stereocenters. The van der Waals surface area contributed by atoms with Crippen molar-refractivity contribution in [2.24, 2.45) is 13.0 Å². The molecule has 1 saturated carbocycles. The molecule has 1 aliphatic carbocycles. The summed E-state index contributed by atoms with van der Waals surface area (Å²) < 4.78 is 10.1. The third-order valence-corrected chi connectivity index (χ3v) is 8.14. The van der Waals surface area contributed by atoms with Crippen LogP contribution in [0.4, 0.5) is 11.4 Å². The van der Waals surface area contributed by atoms with Gasteiger partial charge in [0.1, 0.15) is 5.52 Å². The second-order valence-corrected chi connectivity index (χ2v) is 10.8. The standard InChI is InChI=1S/C29H34N4O2S/c1-19-9-11-21(12-10-19)36-33-16-15-22-24(17-32(3)29(34)27(22)33)23-13-14-25(31-2)26(30)28(23)35-18-20-7-5-4-6-8-20/h9-17,20,31H,4-8,18,30H2,1-3H3. The highest BCUT2D eigenvalue weighted by atomic mass is 32.2. The lowest BCUT2D eigenvalue weighted by Crippen LogP contribution is -2.18. The summed E-state index contributed by atoms with van der Waals surface area (Å²) in [5.74, 6) is 1.24. The molecule has 4 aromatic rings. The SMILES string of the molecule is CNc1ccc(-c2cn(C)c(=O)c3c2ccn3Sc2ccc(C)cc2)c(OCC2CCCCC2)c1N. The van der Waals surface area contributed by atoms with Gasteiger partial charge in [0, 0.05) is 47.9 Å². The Hall–Kier alpha value is -3.32. The van der Waals surface area contributed by atoms with Gasteiger partial charge in [0.2, 0.25) is 0 Å². The van der Waals surface area contributed by atoms with Crippen LogP contribution >= 0.6 is 11.9 Å². The maximum atomic E-state index is 13.3. The van der Waals surface area contributed by atoms with E-state index in [0.29, 0.717) is 29.5 Å².